The number of nitrogens with zero attached hydrogens (tertiary/aromatic N) is 1. The topological polar surface area (TPSA) is 69.6 Å². The summed E-state index contributed by atoms with van der Waals surface area (Å²) in [4.78, 5) is 25.9. The molecule has 2 N–H and O–H groups in total. The van der Waals surface area contributed by atoms with Crippen LogP contribution < -0.4 is 5.32 Å². The Morgan fingerprint density at radius 1 is 1.32 bits per heavy atom. The van der Waals surface area contributed by atoms with Crippen LogP contribution in [0.2, 0.25) is 5.02 Å². The highest BCUT2D eigenvalue weighted by Crippen LogP contribution is 2.42. The lowest BCUT2D eigenvalue weighted by atomic mass is 9.77. The summed E-state index contributed by atoms with van der Waals surface area (Å²) >= 11 is 7.62. The molecule has 1 atom stereocenters. The summed E-state index contributed by atoms with van der Waals surface area (Å²) in [6.45, 7) is 2.36. The highest BCUT2D eigenvalue weighted by molar-refractivity contribution is 7.99. The molecule has 2 saturated heterocycles. The molecule has 25 heavy (non-hydrogen) atoms. The molecule has 0 aliphatic carbocycles. The molecule has 5 nitrogen and oxygen atoms in total. The predicted octanol–water partition coefficient (Wildman–Crippen LogP) is 2.63. The summed E-state index contributed by atoms with van der Waals surface area (Å²) < 4.78 is 0. The van der Waals surface area contributed by atoms with E-state index in [2.05, 4.69) is 5.32 Å². The van der Waals surface area contributed by atoms with Crippen LogP contribution in [0.3, 0.4) is 0 Å². The van der Waals surface area contributed by atoms with Crippen LogP contribution in [0.4, 0.5) is 0 Å². The Morgan fingerprint density at radius 2 is 2.04 bits per heavy atom. The molecule has 136 valence electrons. The first-order valence-electron chi connectivity index (χ1n) is 8.55. The number of carbonyl (C=O) groups excluding carboxylic acids is 1. The molecule has 2 fully saturated rings. The molecule has 2 heterocycles. The van der Waals surface area contributed by atoms with E-state index in [1.54, 1.807) is 4.90 Å². The molecule has 1 spiro atoms. The van der Waals surface area contributed by atoms with Crippen LogP contribution in [-0.4, -0.2) is 53.3 Å². The van der Waals surface area contributed by atoms with Gasteiger partial charge in [0.1, 0.15) is 6.04 Å². The van der Waals surface area contributed by atoms with Crippen molar-refractivity contribution in [3.05, 3.63) is 34.9 Å². The second-order valence-corrected chi connectivity index (χ2v) is 8.31. The smallest absolute Gasteiger partial charge is 0.326 e. The van der Waals surface area contributed by atoms with Crippen LogP contribution >= 0.6 is 23.4 Å². The van der Waals surface area contributed by atoms with Gasteiger partial charge >= 0.3 is 5.97 Å². The first-order valence-corrected chi connectivity index (χ1v) is 10.1. The van der Waals surface area contributed by atoms with Gasteiger partial charge in [-0.15, -0.1) is 11.8 Å². The third-order valence-corrected chi connectivity index (χ3v) is 6.55. The molecule has 7 heteroatoms. The average Bonchev–Trinajstić information content (AvgIpc) is 2.96. The summed E-state index contributed by atoms with van der Waals surface area (Å²) in [6, 6.07) is 6.89. The molecule has 1 unspecified atom stereocenters. The monoisotopic (exact) mass is 382 g/mol. The third-order valence-electron chi connectivity index (χ3n) is 5.22. The number of carbonyl (C=O) groups is 2. The molecule has 3 rings (SSSR count). The fourth-order valence-electron chi connectivity index (χ4n) is 3.81. The van der Waals surface area contributed by atoms with Gasteiger partial charge in [-0.25, -0.2) is 4.79 Å². The molecular weight excluding hydrogens is 360 g/mol. The van der Waals surface area contributed by atoms with Gasteiger partial charge in [-0.2, -0.15) is 0 Å². The first-order chi connectivity index (χ1) is 12.0. The molecule has 0 bridgehead atoms. The van der Waals surface area contributed by atoms with Crippen LogP contribution in [0.5, 0.6) is 0 Å². The summed E-state index contributed by atoms with van der Waals surface area (Å²) in [5.41, 5.74) is 0.963. The minimum absolute atomic E-state index is 0.0304. The van der Waals surface area contributed by atoms with E-state index in [0.29, 0.717) is 23.7 Å². The Labute approximate surface area is 157 Å². The van der Waals surface area contributed by atoms with Crippen LogP contribution in [0.15, 0.2) is 24.3 Å². The largest absolute Gasteiger partial charge is 0.480 e. The number of nitrogens with one attached hydrogen (secondary N) is 1. The van der Waals surface area contributed by atoms with Crippen molar-refractivity contribution in [3.63, 3.8) is 0 Å². The summed E-state index contributed by atoms with van der Waals surface area (Å²) in [7, 11) is 0. The number of amides is 1. The average molecular weight is 383 g/mol. The van der Waals surface area contributed by atoms with Gasteiger partial charge in [-0.1, -0.05) is 29.8 Å². The van der Waals surface area contributed by atoms with Crippen LogP contribution in [0, 0.1) is 5.41 Å². The fourth-order valence-corrected chi connectivity index (χ4v) is 5.00. The van der Waals surface area contributed by atoms with E-state index in [0.717, 1.165) is 31.5 Å². The van der Waals surface area contributed by atoms with Crippen LogP contribution in [0.1, 0.15) is 24.8 Å². The van der Waals surface area contributed by atoms with Crippen molar-refractivity contribution in [2.75, 3.05) is 25.4 Å². The summed E-state index contributed by atoms with van der Waals surface area (Å²) in [5, 5.41) is 13.6. The number of aliphatic carboxylic acids is 1. The number of carboxylic acid groups (broad SMARTS) is 1. The van der Waals surface area contributed by atoms with Crippen molar-refractivity contribution >= 4 is 35.2 Å². The van der Waals surface area contributed by atoms with Crippen molar-refractivity contribution in [1.29, 1.82) is 0 Å². The number of likely N-dealkylation sites (tertiary alicyclic amines) is 1. The van der Waals surface area contributed by atoms with E-state index < -0.39 is 12.0 Å². The maximum atomic E-state index is 12.7. The fraction of sp³-hybridized carbons (Fsp3) is 0.556. The number of hydrogen-bond donors (Lipinski definition) is 2. The zero-order chi connectivity index (χ0) is 17.9. The standard InChI is InChI=1S/C18H23ClN2O3S/c19-14-4-2-1-3-13(14)10-25-11-16(22)21-12-18(5-7-20-8-6-18)9-15(21)17(23)24/h1-4,15,20H,5-12H2,(H,23,24). The van der Waals surface area contributed by atoms with Gasteiger partial charge in [-0.05, 0) is 49.4 Å². The lowest BCUT2D eigenvalue weighted by Crippen LogP contribution is -2.42. The van der Waals surface area contributed by atoms with Gasteiger partial charge in [0, 0.05) is 17.3 Å². The Kier molecular flexibility index (Phi) is 5.92. The maximum Gasteiger partial charge on any atom is 0.326 e. The van der Waals surface area contributed by atoms with Crippen molar-refractivity contribution in [2.45, 2.75) is 31.1 Å². The summed E-state index contributed by atoms with van der Waals surface area (Å²) in [6.07, 6.45) is 2.45. The molecule has 0 radical (unpaired) electrons. The summed E-state index contributed by atoms with van der Waals surface area (Å²) in [5.74, 6) is -0.0465. The molecule has 0 saturated carbocycles. The highest BCUT2D eigenvalue weighted by atomic mass is 35.5. The molecule has 2 aliphatic heterocycles. The van der Waals surface area contributed by atoms with Crippen LogP contribution in [0.25, 0.3) is 0 Å². The van der Waals surface area contributed by atoms with Crippen LogP contribution in [-0.2, 0) is 15.3 Å². The Hall–Kier alpha value is -1.24. The molecule has 1 aromatic carbocycles. The van der Waals surface area contributed by atoms with E-state index in [4.69, 9.17) is 11.6 Å². The van der Waals surface area contributed by atoms with E-state index in [1.165, 1.54) is 11.8 Å². The lowest BCUT2D eigenvalue weighted by Gasteiger charge is -2.33. The SMILES string of the molecule is O=C(O)C1CC2(CCNCC2)CN1C(=O)CSCc1ccccc1Cl. The van der Waals surface area contributed by atoms with Gasteiger partial charge in [-0.3, -0.25) is 4.79 Å². The number of carboxylic acids is 1. The van der Waals surface area contributed by atoms with E-state index in [-0.39, 0.29) is 17.1 Å². The molecule has 1 amide bonds. The minimum atomic E-state index is -0.889. The maximum absolute atomic E-state index is 12.7. The number of halogens is 1. The minimum Gasteiger partial charge on any atom is -0.480 e. The van der Waals surface area contributed by atoms with Gasteiger partial charge in [0.05, 0.1) is 5.75 Å². The van der Waals surface area contributed by atoms with Gasteiger partial charge in [0.2, 0.25) is 5.91 Å². The second-order valence-electron chi connectivity index (χ2n) is 6.91. The van der Waals surface area contributed by atoms with E-state index in [1.807, 2.05) is 24.3 Å². The Balaban J connectivity index is 1.59. The quantitative estimate of drug-likeness (QED) is 0.819. The highest BCUT2D eigenvalue weighted by Gasteiger charge is 2.48. The normalized spacial score (nSPS) is 22.3. The Bertz CT molecular complexity index is 649. The number of hydrogen-bond acceptors (Lipinski definition) is 4. The lowest BCUT2D eigenvalue weighted by molar-refractivity contribution is -0.147. The predicted molar refractivity (Wildman–Crippen MR) is 99.9 cm³/mol. The number of rotatable bonds is 5. The first kappa shape index (κ1) is 18.5. The Morgan fingerprint density at radius 3 is 2.72 bits per heavy atom. The second kappa shape index (κ2) is 7.98. The van der Waals surface area contributed by atoms with E-state index in [9.17, 15) is 14.7 Å². The zero-order valence-corrected chi connectivity index (χ0v) is 15.6. The molecular formula is C18H23ClN2O3S. The van der Waals surface area contributed by atoms with Crippen molar-refractivity contribution in [1.82, 2.24) is 10.2 Å². The number of piperidine rings is 1. The van der Waals surface area contributed by atoms with Crippen molar-refractivity contribution < 1.29 is 14.7 Å². The van der Waals surface area contributed by atoms with E-state index >= 15 is 0 Å². The molecule has 2 aliphatic rings. The van der Waals surface area contributed by atoms with Gasteiger partial charge < -0.3 is 15.3 Å². The van der Waals surface area contributed by atoms with Gasteiger partial charge in [0.25, 0.3) is 0 Å². The zero-order valence-electron chi connectivity index (χ0n) is 14.0. The number of thioether (sulfide) groups is 1. The number of benzene rings is 1. The molecule has 1 aromatic rings. The van der Waals surface area contributed by atoms with Gasteiger partial charge in [0.15, 0.2) is 0 Å². The van der Waals surface area contributed by atoms with Crippen molar-refractivity contribution in [2.24, 2.45) is 5.41 Å². The third kappa shape index (κ3) is 4.30. The molecule has 0 aromatic heterocycles. The van der Waals surface area contributed by atoms with Crippen molar-refractivity contribution in [3.8, 4) is 0 Å².